The number of amides is 1. The number of ether oxygens (including phenoxy) is 7. The van der Waals surface area contributed by atoms with E-state index in [2.05, 4.69) is 0 Å². The van der Waals surface area contributed by atoms with Gasteiger partial charge in [0, 0.05) is 65.1 Å². The molecule has 16 atom stereocenters. The topological polar surface area (TPSA) is 194 Å². The Bertz CT molecular complexity index is 1910. The minimum absolute atomic E-state index is 0.0230. The molecular weight excluding hydrogens is 911 g/mol. The van der Waals surface area contributed by atoms with E-state index in [0.29, 0.717) is 63.5 Å². The smallest absolute Gasteiger partial charge is 0.329 e. The fourth-order valence-electron chi connectivity index (χ4n) is 11.3. The first-order valence-corrected chi connectivity index (χ1v) is 26.5. The average molecular weight is 998 g/mol. The maximum Gasteiger partial charge on any atom is 0.329 e. The Morgan fingerprint density at radius 2 is 1.61 bits per heavy atom. The van der Waals surface area contributed by atoms with E-state index in [0.717, 1.165) is 37.9 Å². The lowest BCUT2D eigenvalue weighted by Crippen LogP contribution is -2.61. The van der Waals surface area contributed by atoms with E-state index in [1.54, 1.807) is 41.1 Å². The van der Waals surface area contributed by atoms with Gasteiger partial charge in [0.05, 0.1) is 43.2 Å². The van der Waals surface area contributed by atoms with Crippen molar-refractivity contribution < 1.29 is 67.3 Å². The van der Waals surface area contributed by atoms with Gasteiger partial charge in [-0.05, 0) is 120 Å². The molecule has 0 aromatic rings. The molecule has 5 aliphatic rings. The van der Waals surface area contributed by atoms with E-state index >= 15 is 0 Å². The molecule has 1 aliphatic carbocycles. The molecule has 5 rings (SSSR count). The van der Waals surface area contributed by atoms with Gasteiger partial charge < -0.3 is 48.3 Å². The summed E-state index contributed by atoms with van der Waals surface area (Å²) in [5.74, 6) is -7.78. The highest BCUT2D eigenvalue weighted by molar-refractivity contribution is 6.39. The van der Waals surface area contributed by atoms with E-state index in [-0.39, 0.29) is 67.0 Å². The van der Waals surface area contributed by atoms with E-state index in [9.17, 15) is 34.2 Å². The zero-order chi connectivity index (χ0) is 52.0. The van der Waals surface area contributed by atoms with E-state index in [1.165, 1.54) is 12.0 Å². The van der Waals surface area contributed by atoms with Gasteiger partial charge in [0.2, 0.25) is 5.79 Å². The van der Waals surface area contributed by atoms with Crippen molar-refractivity contribution in [1.82, 2.24) is 4.90 Å². The van der Waals surface area contributed by atoms with E-state index < -0.39 is 77.8 Å². The van der Waals surface area contributed by atoms with Gasteiger partial charge in [-0.1, -0.05) is 71.1 Å². The number of aliphatic hydroxyl groups is 2. The SMILES string of the molecule is COC1CC2CCC(C)C(O)(O2)C(=O)C(=O)N2CCCCC2C(=O)OC(C(C)CC2CCC(OC3CCCOC3)C(OC)C2)CC(=O)/C(C)=C/C(C)C(O)C(OC)C(=O)C(C)CC(C)C=CC=CC=C1C. The number of Topliss-reactive ketones (excluding diaryl/α,β-unsaturated/α-hetero) is 3. The molecule has 4 fully saturated rings. The van der Waals surface area contributed by atoms with Crippen LogP contribution < -0.4 is 0 Å². The molecule has 71 heavy (non-hydrogen) atoms. The minimum Gasteiger partial charge on any atom is -0.460 e. The number of ketones is 3. The van der Waals surface area contributed by atoms with Gasteiger partial charge in [-0.25, -0.2) is 4.79 Å². The van der Waals surface area contributed by atoms with Gasteiger partial charge in [-0.3, -0.25) is 19.2 Å². The summed E-state index contributed by atoms with van der Waals surface area (Å²) in [5, 5.41) is 23.6. The van der Waals surface area contributed by atoms with Crippen LogP contribution in [0.3, 0.4) is 0 Å². The third-order valence-corrected chi connectivity index (χ3v) is 16.0. The molecule has 0 spiro atoms. The van der Waals surface area contributed by atoms with Crippen LogP contribution in [-0.4, -0.2) is 146 Å². The van der Waals surface area contributed by atoms with E-state index in [4.69, 9.17) is 33.2 Å². The molecule has 15 heteroatoms. The summed E-state index contributed by atoms with van der Waals surface area (Å²) in [6.45, 7) is 14.2. The number of piperidine rings is 1. The van der Waals surface area contributed by atoms with Crippen LogP contribution in [0.1, 0.15) is 138 Å². The summed E-state index contributed by atoms with van der Waals surface area (Å²) < 4.78 is 42.2. The van der Waals surface area contributed by atoms with Crippen LogP contribution in [0.5, 0.6) is 0 Å². The number of hydrogen-bond acceptors (Lipinski definition) is 14. The number of carbonyl (C=O) groups is 5. The number of esters is 1. The second-order valence-electron chi connectivity index (χ2n) is 21.5. The van der Waals surface area contributed by atoms with Crippen molar-refractivity contribution >= 4 is 29.2 Å². The summed E-state index contributed by atoms with van der Waals surface area (Å²) in [6.07, 6.45) is 14.5. The first kappa shape index (κ1) is 58.5. The molecule has 0 aromatic heterocycles. The molecule has 2 bridgehead atoms. The quantitative estimate of drug-likeness (QED) is 0.181. The lowest BCUT2D eigenvalue weighted by molar-refractivity contribution is -0.265. The fourth-order valence-corrected chi connectivity index (χ4v) is 11.3. The molecule has 4 aliphatic heterocycles. The van der Waals surface area contributed by atoms with Crippen LogP contribution in [0, 0.1) is 35.5 Å². The van der Waals surface area contributed by atoms with Crippen molar-refractivity contribution in [2.24, 2.45) is 35.5 Å². The molecular formula is C56H87NO14. The van der Waals surface area contributed by atoms with Crippen molar-refractivity contribution in [1.29, 1.82) is 0 Å². The number of rotatable bonds is 8. The average Bonchev–Trinajstić information content (AvgIpc) is 3.36. The Balaban J connectivity index is 1.44. The normalized spacial score (nSPS) is 38.7. The summed E-state index contributed by atoms with van der Waals surface area (Å²) >= 11 is 0. The van der Waals surface area contributed by atoms with Crippen molar-refractivity contribution in [3.63, 3.8) is 0 Å². The zero-order valence-electron chi connectivity index (χ0n) is 44.4. The Morgan fingerprint density at radius 1 is 0.845 bits per heavy atom. The number of hydrogen-bond donors (Lipinski definition) is 2. The molecule has 4 heterocycles. The second-order valence-corrected chi connectivity index (χ2v) is 21.5. The number of aliphatic hydroxyl groups excluding tert-OH is 1. The summed E-state index contributed by atoms with van der Waals surface area (Å²) in [4.78, 5) is 72.5. The van der Waals surface area contributed by atoms with Crippen LogP contribution in [0.2, 0.25) is 0 Å². The standard InChI is InChI=1S/C56H87NO14/c1-34-17-12-11-13-18-35(2)47(65-8)31-42-23-21-40(7)56(64,71-42)53(61)54(62)57-25-15-14-20-44(57)55(63)70-48(32-45(58)36(3)28-39(6)51(60)52(67-10)50(59)38(5)27-34)37(4)29-41-22-24-46(49(30-41)66-9)69-43-19-16-26-68-33-43/h11-13,17-18,28,34,37-44,46-49,51-52,60,64H,14-16,19-27,29-33H2,1-10H3/b13-11?,17-12?,35-18?,36-28+. The van der Waals surface area contributed by atoms with Gasteiger partial charge in [0.1, 0.15) is 18.2 Å². The largest absolute Gasteiger partial charge is 0.460 e. The van der Waals surface area contributed by atoms with Gasteiger partial charge in [0.15, 0.2) is 11.6 Å². The number of cyclic esters (lactones) is 1. The highest BCUT2D eigenvalue weighted by atomic mass is 16.6. The molecule has 400 valence electrons. The Hall–Kier alpha value is -3.41. The Labute approximate surface area is 423 Å². The van der Waals surface area contributed by atoms with Crippen LogP contribution in [0.25, 0.3) is 0 Å². The number of allylic oxidation sites excluding steroid dienone is 6. The first-order valence-electron chi connectivity index (χ1n) is 26.5. The predicted molar refractivity (Wildman–Crippen MR) is 268 cm³/mol. The minimum atomic E-state index is -2.43. The molecule has 1 saturated carbocycles. The van der Waals surface area contributed by atoms with Crippen molar-refractivity contribution in [3.05, 3.63) is 47.6 Å². The second kappa shape index (κ2) is 27.8. The highest BCUT2D eigenvalue weighted by Gasteiger charge is 2.53. The van der Waals surface area contributed by atoms with E-state index in [1.807, 2.05) is 58.1 Å². The number of carbonyl (C=O) groups excluding carboxylic acids is 5. The van der Waals surface area contributed by atoms with Crippen molar-refractivity contribution in [2.45, 2.75) is 199 Å². The summed E-state index contributed by atoms with van der Waals surface area (Å²) in [5.41, 5.74) is 1.21. The maximum absolute atomic E-state index is 14.6. The van der Waals surface area contributed by atoms with Crippen LogP contribution in [0.4, 0.5) is 0 Å². The first-order chi connectivity index (χ1) is 33.8. The molecule has 2 N–H and O–H groups in total. The third kappa shape index (κ3) is 15.8. The van der Waals surface area contributed by atoms with Gasteiger partial charge in [-0.2, -0.15) is 0 Å². The zero-order valence-corrected chi connectivity index (χ0v) is 44.4. The summed E-state index contributed by atoms with van der Waals surface area (Å²) in [7, 11) is 4.68. The predicted octanol–water partition coefficient (Wildman–Crippen LogP) is 7.38. The van der Waals surface area contributed by atoms with Gasteiger partial charge >= 0.3 is 5.97 Å². The van der Waals surface area contributed by atoms with Crippen LogP contribution >= 0.6 is 0 Å². The van der Waals surface area contributed by atoms with Gasteiger partial charge in [0.25, 0.3) is 11.7 Å². The Morgan fingerprint density at radius 3 is 2.30 bits per heavy atom. The van der Waals surface area contributed by atoms with Gasteiger partial charge in [-0.15, -0.1) is 0 Å². The lowest BCUT2D eigenvalue weighted by atomic mass is 9.78. The summed E-state index contributed by atoms with van der Waals surface area (Å²) in [6, 6.07) is -1.14. The number of methoxy groups -OCH3 is 3. The molecule has 15 nitrogen and oxygen atoms in total. The number of fused-ring (bicyclic) bond motifs is 3. The third-order valence-electron chi connectivity index (χ3n) is 16.0. The monoisotopic (exact) mass is 998 g/mol. The Kier molecular flexibility index (Phi) is 22.9. The molecule has 0 radical (unpaired) electrons. The molecule has 0 aromatic carbocycles. The van der Waals surface area contributed by atoms with Crippen molar-refractivity contribution in [2.75, 3.05) is 41.1 Å². The fraction of sp³-hybridized carbons (Fsp3) is 0.768. The van der Waals surface area contributed by atoms with Crippen molar-refractivity contribution in [3.8, 4) is 0 Å². The maximum atomic E-state index is 14.6. The highest BCUT2D eigenvalue weighted by Crippen LogP contribution is 2.38. The number of nitrogens with zero attached hydrogens (tertiary/aromatic N) is 1. The molecule has 1 amide bonds. The van der Waals surface area contributed by atoms with Crippen LogP contribution in [0.15, 0.2) is 47.6 Å². The van der Waals surface area contributed by atoms with Crippen LogP contribution in [-0.2, 0) is 57.1 Å². The lowest BCUT2D eigenvalue weighted by Gasteiger charge is -2.42. The molecule has 3 saturated heterocycles. The molecule has 16 unspecified atom stereocenters.